The Balaban J connectivity index is 1.48. The van der Waals surface area contributed by atoms with Gasteiger partial charge in [-0.1, -0.05) is 25.5 Å². The summed E-state index contributed by atoms with van der Waals surface area (Å²) in [4.78, 5) is 24.0. The Bertz CT molecular complexity index is 785. The summed E-state index contributed by atoms with van der Waals surface area (Å²) >= 11 is 0. The standard InChI is InChI=1S/C20H21NO5/c1-2-3-4-14-5-8-16(9-6-14)21-19(22)12-24-20(23)15-7-10-17-18(11-15)26-13-25-17/h5-11H,2-4,12-13H2,1H3,(H,21,22). The number of aryl methyl sites for hydroxylation is 1. The SMILES string of the molecule is CCCCc1ccc(NC(=O)COC(=O)c2ccc3c(c2)OCO3)cc1. The van der Waals surface area contributed by atoms with E-state index in [2.05, 4.69) is 12.2 Å². The van der Waals surface area contributed by atoms with Crippen molar-refractivity contribution < 1.29 is 23.8 Å². The second-order valence-electron chi connectivity index (χ2n) is 5.99. The summed E-state index contributed by atoms with van der Waals surface area (Å²) in [5.41, 5.74) is 2.22. The number of ether oxygens (including phenoxy) is 3. The molecule has 26 heavy (non-hydrogen) atoms. The lowest BCUT2D eigenvalue weighted by Gasteiger charge is -2.08. The quantitative estimate of drug-likeness (QED) is 0.769. The van der Waals surface area contributed by atoms with E-state index in [1.807, 2.05) is 24.3 Å². The highest BCUT2D eigenvalue weighted by Gasteiger charge is 2.17. The number of benzene rings is 2. The molecular weight excluding hydrogens is 334 g/mol. The maximum absolute atomic E-state index is 12.0. The molecule has 6 heteroatoms. The van der Waals surface area contributed by atoms with Crippen molar-refractivity contribution in [3.8, 4) is 11.5 Å². The molecule has 2 aromatic carbocycles. The van der Waals surface area contributed by atoms with Crippen molar-refractivity contribution in [1.82, 2.24) is 0 Å². The Hall–Kier alpha value is -3.02. The molecule has 0 fully saturated rings. The fourth-order valence-corrected chi connectivity index (χ4v) is 2.57. The lowest BCUT2D eigenvalue weighted by molar-refractivity contribution is -0.119. The zero-order valence-corrected chi connectivity index (χ0v) is 14.6. The van der Waals surface area contributed by atoms with Crippen molar-refractivity contribution in [2.45, 2.75) is 26.2 Å². The summed E-state index contributed by atoms with van der Waals surface area (Å²) in [6.45, 7) is 1.93. The summed E-state index contributed by atoms with van der Waals surface area (Å²) in [5, 5.41) is 2.71. The number of unbranched alkanes of at least 4 members (excludes halogenated alkanes) is 1. The highest BCUT2D eigenvalue weighted by molar-refractivity contribution is 5.95. The number of carbonyl (C=O) groups excluding carboxylic acids is 2. The molecule has 136 valence electrons. The minimum Gasteiger partial charge on any atom is -0.454 e. The van der Waals surface area contributed by atoms with Gasteiger partial charge in [0.15, 0.2) is 18.1 Å². The number of hydrogen-bond donors (Lipinski definition) is 1. The molecule has 1 aliphatic heterocycles. The van der Waals surface area contributed by atoms with E-state index in [1.54, 1.807) is 12.1 Å². The lowest BCUT2D eigenvalue weighted by atomic mass is 10.1. The number of fused-ring (bicyclic) bond motifs is 1. The lowest BCUT2D eigenvalue weighted by Crippen LogP contribution is -2.20. The second kappa shape index (κ2) is 8.38. The highest BCUT2D eigenvalue weighted by atomic mass is 16.7. The first kappa shape index (κ1) is 17.8. The molecular formula is C20H21NO5. The van der Waals surface area contributed by atoms with Gasteiger partial charge < -0.3 is 19.5 Å². The maximum Gasteiger partial charge on any atom is 0.338 e. The van der Waals surface area contributed by atoms with Crippen molar-refractivity contribution in [2.75, 3.05) is 18.7 Å². The molecule has 0 bridgehead atoms. The van der Waals surface area contributed by atoms with E-state index in [-0.39, 0.29) is 19.3 Å². The summed E-state index contributed by atoms with van der Waals surface area (Å²) in [5.74, 6) is 0.0995. The Kier molecular flexibility index (Phi) is 5.73. The molecule has 1 aliphatic rings. The monoisotopic (exact) mass is 355 g/mol. The van der Waals surface area contributed by atoms with Crippen molar-refractivity contribution in [2.24, 2.45) is 0 Å². The molecule has 0 aromatic heterocycles. The van der Waals surface area contributed by atoms with Crippen molar-refractivity contribution >= 4 is 17.6 Å². The fourth-order valence-electron chi connectivity index (χ4n) is 2.57. The predicted molar refractivity (Wildman–Crippen MR) is 96.5 cm³/mol. The fraction of sp³-hybridized carbons (Fsp3) is 0.300. The van der Waals surface area contributed by atoms with Gasteiger partial charge in [-0.25, -0.2) is 4.79 Å². The number of nitrogens with one attached hydrogen (secondary N) is 1. The van der Waals surface area contributed by atoms with Crippen LogP contribution in [0, 0.1) is 0 Å². The van der Waals surface area contributed by atoms with Gasteiger partial charge in [0.1, 0.15) is 0 Å². The topological polar surface area (TPSA) is 73.9 Å². The van der Waals surface area contributed by atoms with Crippen LogP contribution in [-0.2, 0) is 16.0 Å². The predicted octanol–water partition coefficient (Wildman–Crippen LogP) is 3.55. The summed E-state index contributed by atoms with van der Waals surface area (Å²) in [6.07, 6.45) is 3.31. The van der Waals surface area contributed by atoms with Crippen molar-refractivity contribution in [1.29, 1.82) is 0 Å². The second-order valence-corrected chi connectivity index (χ2v) is 5.99. The van der Waals surface area contributed by atoms with Crippen LogP contribution in [0.4, 0.5) is 5.69 Å². The van der Waals surface area contributed by atoms with Gasteiger partial charge in [-0.3, -0.25) is 4.79 Å². The van der Waals surface area contributed by atoms with Gasteiger partial charge in [-0.2, -0.15) is 0 Å². The van der Waals surface area contributed by atoms with E-state index in [0.29, 0.717) is 22.7 Å². The summed E-state index contributed by atoms with van der Waals surface area (Å²) < 4.78 is 15.5. The van der Waals surface area contributed by atoms with Crippen LogP contribution < -0.4 is 14.8 Å². The van der Waals surface area contributed by atoms with Crippen LogP contribution in [0.2, 0.25) is 0 Å². The van der Waals surface area contributed by atoms with Crippen LogP contribution in [0.1, 0.15) is 35.7 Å². The van der Waals surface area contributed by atoms with Crippen LogP contribution in [0.5, 0.6) is 11.5 Å². The zero-order valence-electron chi connectivity index (χ0n) is 14.6. The van der Waals surface area contributed by atoms with E-state index >= 15 is 0 Å². The molecule has 0 atom stereocenters. The first-order valence-corrected chi connectivity index (χ1v) is 8.61. The van der Waals surface area contributed by atoms with Gasteiger partial charge in [0, 0.05) is 5.69 Å². The molecule has 1 heterocycles. The normalized spacial score (nSPS) is 11.9. The van der Waals surface area contributed by atoms with Crippen molar-refractivity contribution in [3.05, 3.63) is 53.6 Å². The summed E-state index contributed by atoms with van der Waals surface area (Å²) in [6, 6.07) is 12.4. The van der Waals surface area contributed by atoms with Crippen LogP contribution >= 0.6 is 0 Å². The van der Waals surface area contributed by atoms with E-state index in [4.69, 9.17) is 14.2 Å². The third-order valence-corrected chi connectivity index (χ3v) is 4.00. The third-order valence-electron chi connectivity index (χ3n) is 4.00. The largest absolute Gasteiger partial charge is 0.454 e. The van der Waals surface area contributed by atoms with Gasteiger partial charge in [0.05, 0.1) is 5.56 Å². The van der Waals surface area contributed by atoms with Gasteiger partial charge in [-0.15, -0.1) is 0 Å². The van der Waals surface area contributed by atoms with Crippen molar-refractivity contribution in [3.63, 3.8) is 0 Å². The molecule has 1 amide bonds. The Morgan fingerprint density at radius 2 is 1.85 bits per heavy atom. The average Bonchev–Trinajstić information content (AvgIpc) is 3.13. The molecule has 0 radical (unpaired) electrons. The molecule has 1 N–H and O–H groups in total. The Morgan fingerprint density at radius 3 is 2.62 bits per heavy atom. The molecule has 0 spiro atoms. The maximum atomic E-state index is 12.0. The van der Waals surface area contributed by atoms with Gasteiger partial charge in [0.2, 0.25) is 6.79 Å². The van der Waals surface area contributed by atoms with Crippen LogP contribution in [0.25, 0.3) is 0 Å². The van der Waals surface area contributed by atoms with Gasteiger partial charge >= 0.3 is 5.97 Å². The van der Waals surface area contributed by atoms with E-state index in [0.717, 1.165) is 19.3 Å². The number of anilines is 1. The number of esters is 1. The van der Waals surface area contributed by atoms with Crippen LogP contribution in [0.3, 0.4) is 0 Å². The van der Waals surface area contributed by atoms with Crippen LogP contribution in [0.15, 0.2) is 42.5 Å². The molecule has 0 saturated carbocycles. The minimum absolute atomic E-state index is 0.132. The van der Waals surface area contributed by atoms with E-state index < -0.39 is 5.97 Å². The number of rotatable bonds is 7. The smallest absolute Gasteiger partial charge is 0.338 e. The zero-order chi connectivity index (χ0) is 18.4. The van der Waals surface area contributed by atoms with Gasteiger partial charge in [0.25, 0.3) is 5.91 Å². The molecule has 0 saturated heterocycles. The number of carbonyl (C=O) groups is 2. The Labute approximate surface area is 152 Å². The first-order chi connectivity index (χ1) is 12.7. The molecule has 0 unspecified atom stereocenters. The molecule has 2 aromatic rings. The van der Waals surface area contributed by atoms with E-state index in [1.165, 1.54) is 11.6 Å². The van der Waals surface area contributed by atoms with E-state index in [9.17, 15) is 9.59 Å². The molecule has 3 rings (SSSR count). The van der Waals surface area contributed by atoms with Crippen LogP contribution in [-0.4, -0.2) is 25.3 Å². The highest BCUT2D eigenvalue weighted by Crippen LogP contribution is 2.32. The molecule has 0 aliphatic carbocycles. The number of hydrogen-bond acceptors (Lipinski definition) is 5. The Morgan fingerprint density at radius 1 is 1.08 bits per heavy atom. The minimum atomic E-state index is -0.589. The third kappa shape index (κ3) is 4.53. The average molecular weight is 355 g/mol. The number of amides is 1. The summed E-state index contributed by atoms with van der Waals surface area (Å²) in [7, 11) is 0. The first-order valence-electron chi connectivity index (χ1n) is 8.61. The van der Waals surface area contributed by atoms with Gasteiger partial charge in [-0.05, 0) is 48.7 Å². The molecule has 6 nitrogen and oxygen atoms in total.